The van der Waals surface area contributed by atoms with E-state index in [1.807, 2.05) is 5.38 Å². The summed E-state index contributed by atoms with van der Waals surface area (Å²) in [5, 5.41) is 4.40. The van der Waals surface area contributed by atoms with Crippen LogP contribution < -0.4 is 16.2 Å². The third-order valence-electron chi connectivity index (χ3n) is 2.49. The molecule has 0 saturated carbocycles. The molecule has 8 heteroatoms. The molecule has 3 N–H and O–H groups in total. The van der Waals surface area contributed by atoms with Crippen molar-refractivity contribution in [1.29, 1.82) is 0 Å². The predicted octanol–water partition coefficient (Wildman–Crippen LogP) is 1.50. The van der Waals surface area contributed by atoms with E-state index >= 15 is 0 Å². The number of nitrogens with one attached hydrogen (secondary N) is 3. The molecular formula is C12H14N4O3S. The summed E-state index contributed by atoms with van der Waals surface area (Å²) >= 11 is 1.45. The van der Waals surface area contributed by atoms with Crippen molar-refractivity contribution in [2.45, 2.75) is 20.4 Å². The molecule has 0 saturated heterocycles. The third-order valence-corrected chi connectivity index (χ3v) is 3.12. The van der Waals surface area contributed by atoms with Gasteiger partial charge in [0.05, 0.1) is 23.3 Å². The van der Waals surface area contributed by atoms with Crippen LogP contribution in [0.25, 0.3) is 0 Å². The molecule has 106 valence electrons. The first-order valence-corrected chi connectivity index (χ1v) is 6.79. The fourth-order valence-electron chi connectivity index (χ4n) is 1.58. The number of rotatable bonds is 3. The normalized spacial score (nSPS) is 10.1. The molecule has 0 aromatic carbocycles. The summed E-state index contributed by atoms with van der Waals surface area (Å²) in [6.45, 7) is 3.73. The first kappa shape index (κ1) is 14.1. The molecule has 7 nitrogen and oxygen atoms in total. The number of aryl methyl sites for hydroxylation is 2. The molecule has 0 spiro atoms. The lowest BCUT2D eigenvalue weighted by molar-refractivity contribution is 0.0934. The molecule has 2 rings (SSSR count). The van der Waals surface area contributed by atoms with Gasteiger partial charge in [-0.05, 0) is 19.9 Å². The Morgan fingerprint density at radius 1 is 1.35 bits per heavy atom. The van der Waals surface area contributed by atoms with Gasteiger partial charge in [0.15, 0.2) is 0 Å². The second kappa shape index (κ2) is 6.20. The van der Waals surface area contributed by atoms with Gasteiger partial charge >= 0.3 is 6.03 Å². The van der Waals surface area contributed by atoms with Crippen LogP contribution in [0.2, 0.25) is 0 Å². The van der Waals surface area contributed by atoms with Crippen molar-refractivity contribution in [3.63, 3.8) is 0 Å². The Bertz CT molecular complexity index is 606. The van der Waals surface area contributed by atoms with Crippen LogP contribution in [-0.4, -0.2) is 16.9 Å². The molecule has 0 aliphatic carbocycles. The predicted molar refractivity (Wildman–Crippen MR) is 73.1 cm³/mol. The summed E-state index contributed by atoms with van der Waals surface area (Å²) in [6, 6.07) is 1.10. The molecule has 0 radical (unpaired) electrons. The number of hydrogen-bond acceptors (Lipinski definition) is 5. The summed E-state index contributed by atoms with van der Waals surface area (Å²) in [6.07, 6.45) is 0. The number of nitrogens with zero attached hydrogens (tertiary/aromatic N) is 1. The first-order chi connectivity index (χ1) is 9.56. The number of urea groups is 1. The lowest BCUT2D eigenvalue weighted by Crippen LogP contribution is -2.46. The van der Waals surface area contributed by atoms with E-state index in [-0.39, 0.29) is 0 Å². The molecule has 0 bridgehead atoms. The molecule has 3 amide bonds. The molecule has 20 heavy (non-hydrogen) atoms. The molecule has 2 aromatic rings. The van der Waals surface area contributed by atoms with Gasteiger partial charge in [-0.25, -0.2) is 15.2 Å². The van der Waals surface area contributed by atoms with Crippen molar-refractivity contribution in [3.8, 4) is 0 Å². The average molecular weight is 294 g/mol. The first-order valence-electron chi connectivity index (χ1n) is 5.84. The fourth-order valence-corrected chi connectivity index (χ4v) is 2.14. The van der Waals surface area contributed by atoms with Crippen LogP contribution in [-0.2, 0) is 6.54 Å². The quantitative estimate of drug-likeness (QED) is 0.747. The summed E-state index contributed by atoms with van der Waals surface area (Å²) in [5.41, 5.74) is 7.40. The minimum atomic E-state index is -0.510. The molecule has 0 atom stereocenters. The van der Waals surface area contributed by atoms with Gasteiger partial charge in [-0.2, -0.15) is 0 Å². The minimum absolute atomic E-state index is 0.301. The maximum absolute atomic E-state index is 11.8. The number of carbonyl (C=O) groups is 2. The number of thiazole rings is 1. The van der Waals surface area contributed by atoms with E-state index in [0.717, 1.165) is 5.69 Å². The van der Waals surface area contributed by atoms with Crippen LogP contribution in [0.15, 0.2) is 21.4 Å². The number of furan rings is 1. The van der Waals surface area contributed by atoms with Crippen LogP contribution in [0, 0.1) is 13.8 Å². The zero-order valence-corrected chi connectivity index (χ0v) is 11.8. The van der Waals surface area contributed by atoms with E-state index in [1.54, 1.807) is 25.4 Å². The second-order valence-electron chi connectivity index (χ2n) is 4.07. The van der Waals surface area contributed by atoms with E-state index < -0.39 is 11.9 Å². The fraction of sp³-hybridized carbons (Fsp3) is 0.250. The monoisotopic (exact) mass is 294 g/mol. The Morgan fingerprint density at radius 2 is 2.15 bits per heavy atom. The summed E-state index contributed by atoms with van der Waals surface area (Å²) in [5.74, 6) is 0.716. The van der Waals surface area contributed by atoms with Crippen molar-refractivity contribution in [1.82, 2.24) is 21.2 Å². The Hall–Kier alpha value is -2.35. The molecule has 0 aliphatic rings. The van der Waals surface area contributed by atoms with Crippen molar-refractivity contribution in [2.75, 3.05) is 0 Å². The molecule has 0 fully saturated rings. The van der Waals surface area contributed by atoms with Gasteiger partial charge in [-0.1, -0.05) is 0 Å². The summed E-state index contributed by atoms with van der Waals surface area (Å²) in [4.78, 5) is 27.3. The molecule has 2 aromatic heterocycles. The van der Waals surface area contributed by atoms with Crippen LogP contribution in [0.4, 0.5) is 4.79 Å². The average Bonchev–Trinajstić information content (AvgIpc) is 3.03. The second-order valence-corrected chi connectivity index (χ2v) is 4.79. The Balaban J connectivity index is 1.78. The van der Waals surface area contributed by atoms with E-state index in [2.05, 4.69) is 21.2 Å². The third kappa shape index (κ3) is 3.58. The SMILES string of the molecule is Cc1cc(C(=O)NNC(=O)NCc2cscn2)c(C)o1. The highest BCUT2D eigenvalue weighted by Crippen LogP contribution is 2.12. The highest BCUT2D eigenvalue weighted by Gasteiger charge is 2.13. The number of amides is 3. The van der Waals surface area contributed by atoms with Gasteiger partial charge in [-0.15, -0.1) is 11.3 Å². The zero-order valence-electron chi connectivity index (χ0n) is 11.0. The Morgan fingerprint density at radius 3 is 2.75 bits per heavy atom. The largest absolute Gasteiger partial charge is 0.466 e. The minimum Gasteiger partial charge on any atom is -0.466 e. The van der Waals surface area contributed by atoms with Crippen LogP contribution in [0.3, 0.4) is 0 Å². The highest BCUT2D eigenvalue weighted by atomic mass is 32.1. The number of hydrogen-bond donors (Lipinski definition) is 3. The smallest absolute Gasteiger partial charge is 0.333 e. The zero-order chi connectivity index (χ0) is 14.5. The summed E-state index contributed by atoms with van der Waals surface area (Å²) in [7, 11) is 0. The molecule has 2 heterocycles. The number of carbonyl (C=O) groups excluding carboxylic acids is 2. The lowest BCUT2D eigenvalue weighted by atomic mass is 10.2. The van der Waals surface area contributed by atoms with E-state index in [0.29, 0.717) is 23.6 Å². The standard InChI is InChI=1S/C12H14N4O3S/c1-7-3-10(8(2)19-7)11(17)15-16-12(18)13-4-9-5-20-6-14-9/h3,5-6H,4H2,1-2H3,(H,15,17)(H2,13,16,18). The number of aromatic nitrogens is 1. The number of hydrazine groups is 1. The molecular weight excluding hydrogens is 280 g/mol. The lowest BCUT2D eigenvalue weighted by Gasteiger charge is -2.07. The molecule has 0 aliphatic heterocycles. The maximum atomic E-state index is 11.8. The highest BCUT2D eigenvalue weighted by molar-refractivity contribution is 7.07. The van der Waals surface area contributed by atoms with Gasteiger partial charge in [-0.3, -0.25) is 10.2 Å². The van der Waals surface area contributed by atoms with E-state index in [9.17, 15) is 9.59 Å². The van der Waals surface area contributed by atoms with Crippen molar-refractivity contribution < 1.29 is 14.0 Å². The van der Waals surface area contributed by atoms with Crippen LogP contribution >= 0.6 is 11.3 Å². The van der Waals surface area contributed by atoms with Gasteiger partial charge in [0, 0.05) is 5.38 Å². The topological polar surface area (TPSA) is 96.3 Å². The van der Waals surface area contributed by atoms with Gasteiger partial charge in [0.1, 0.15) is 11.5 Å². The van der Waals surface area contributed by atoms with E-state index in [1.165, 1.54) is 11.3 Å². The Labute approximate surface area is 119 Å². The molecule has 0 unspecified atom stereocenters. The van der Waals surface area contributed by atoms with Gasteiger partial charge < -0.3 is 9.73 Å². The van der Waals surface area contributed by atoms with Crippen LogP contribution in [0.5, 0.6) is 0 Å². The van der Waals surface area contributed by atoms with Gasteiger partial charge in [0.2, 0.25) is 0 Å². The maximum Gasteiger partial charge on any atom is 0.333 e. The van der Waals surface area contributed by atoms with Gasteiger partial charge in [0.25, 0.3) is 5.91 Å². The Kier molecular flexibility index (Phi) is 4.36. The van der Waals surface area contributed by atoms with E-state index in [4.69, 9.17) is 4.42 Å². The summed E-state index contributed by atoms with van der Waals surface area (Å²) < 4.78 is 5.24. The van der Waals surface area contributed by atoms with Crippen molar-refractivity contribution in [2.24, 2.45) is 0 Å². The van der Waals surface area contributed by atoms with Crippen molar-refractivity contribution >= 4 is 23.3 Å². The van der Waals surface area contributed by atoms with Crippen molar-refractivity contribution in [3.05, 3.63) is 39.7 Å². The van der Waals surface area contributed by atoms with Crippen LogP contribution in [0.1, 0.15) is 27.6 Å².